The van der Waals surface area contributed by atoms with Gasteiger partial charge in [-0.05, 0) is 24.6 Å². The van der Waals surface area contributed by atoms with Crippen LogP contribution in [0.25, 0.3) is 10.9 Å². The molecule has 2 heterocycles. The Morgan fingerprint density at radius 3 is 2.55 bits per heavy atom. The number of hydrogen-bond donors (Lipinski definition) is 0. The van der Waals surface area contributed by atoms with E-state index >= 15 is 0 Å². The first kappa shape index (κ1) is 19.7. The topological polar surface area (TPSA) is 64.4 Å². The minimum atomic E-state index is -0.344. The lowest BCUT2D eigenvalue weighted by molar-refractivity contribution is -0.134. The summed E-state index contributed by atoms with van der Waals surface area (Å²) < 4.78 is 7.01. The highest BCUT2D eigenvalue weighted by atomic mass is 32.2. The molecule has 2 aromatic carbocycles. The number of para-hydroxylation sites is 1. The van der Waals surface area contributed by atoms with Crippen LogP contribution in [-0.4, -0.2) is 51.9 Å². The molecule has 0 saturated carbocycles. The van der Waals surface area contributed by atoms with Crippen molar-refractivity contribution < 1.29 is 9.53 Å². The molecular formula is C22H23N3O3S. The standard InChI is InChI=1S/C22H23N3O3S/c1-16(20(26)24-11-13-28-14-12-24)29-22-23-19-10-6-5-9-18(19)21(27)25(22)15-17-7-3-2-4-8-17/h2-10,16H,11-15H2,1H3/t16-/m1/s1. The maximum atomic E-state index is 13.2. The van der Waals surface area contributed by atoms with E-state index in [4.69, 9.17) is 9.72 Å². The average Bonchev–Trinajstić information content (AvgIpc) is 2.77. The third kappa shape index (κ3) is 4.36. The summed E-state index contributed by atoms with van der Waals surface area (Å²) in [7, 11) is 0. The second kappa shape index (κ2) is 8.80. The van der Waals surface area contributed by atoms with Crippen molar-refractivity contribution in [2.75, 3.05) is 26.3 Å². The lowest BCUT2D eigenvalue weighted by Crippen LogP contribution is -2.44. The van der Waals surface area contributed by atoms with Crippen molar-refractivity contribution >= 4 is 28.6 Å². The number of morpholine rings is 1. The minimum absolute atomic E-state index is 0.0481. The molecule has 4 rings (SSSR count). The van der Waals surface area contributed by atoms with Crippen LogP contribution in [0, 0.1) is 0 Å². The number of ether oxygens (including phenoxy) is 1. The maximum absolute atomic E-state index is 13.2. The largest absolute Gasteiger partial charge is 0.378 e. The second-order valence-electron chi connectivity index (χ2n) is 6.99. The Bertz CT molecular complexity index is 1060. The third-order valence-electron chi connectivity index (χ3n) is 4.96. The Morgan fingerprint density at radius 2 is 1.79 bits per heavy atom. The molecule has 29 heavy (non-hydrogen) atoms. The van der Waals surface area contributed by atoms with Gasteiger partial charge in [-0.2, -0.15) is 0 Å². The number of aromatic nitrogens is 2. The molecule has 6 nitrogen and oxygen atoms in total. The van der Waals surface area contributed by atoms with Crippen LogP contribution in [0.1, 0.15) is 12.5 Å². The van der Waals surface area contributed by atoms with E-state index in [1.807, 2.05) is 60.4 Å². The van der Waals surface area contributed by atoms with Gasteiger partial charge < -0.3 is 9.64 Å². The summed E-state index contributed by atoms with van der Waals surface area (Å²) in [6.07, 6.45) is 0. The monoisotopic (exact) mass is 409 g/mol. The normalized spacial score (nSPS) is 15.4. The van der Waals surface area contributed by atoms with E-state index in [2.05, 4.69) is 0 Å². The van der Waals surface area contributed by atoms with Crippen molar-refractivity contribution in [1.29, 1.82) is 0 Å². The summed E-state index contributed by atoms with van der Waals surface area (Å²) in [5, 5.41) is 0.801. The Labute approximate surface area is 173 Å². The van der Waals surface area contributed by atoms with Gasteiger partial charge in [-0.15, -0.1) is 0 Å². The molecule has 150 valence electrons. The Balaban J connectivity index is 1.68. The minimum Gasteiger partial charge on any atom is -0.378 e. The average molecular weight is 410 g/mol. The number of nitrogens with zero attached hydrogens (tertiary/aromatic N) is 3. The van der Waals surface area contributed by atoms with Crippen LogP contribution in [0.5, 0.6) is 0 Å². The van der Waals surface area contributed by atoms with Gasteiger partial charge >= 0.3 is 0 Å². The second-order valence-corrected chi connectivity index (χ2v) is 8.29. The van der Waals surface area contributed by atoms with E-state index in [1.165, 1.54) is 11.8 Å². The molecule has 0 bridgehead atoms. The molecule has 7 heteroatoms. The van der Waals surface area contributed by atoms with Crippen molar-refractivity contribution in [1.82, 2.24) is 14.5 Å². The molecule has 1 aliphatic heterocycles. The maximum Gasteiger partial charge on any atom is 0.262 e. The highest BCUT2D eigenvalue weighted by Gasteiger charge is 2.25. The number of thioether (sulfide) groups is 1. The predicted molar refractivity (Wildman–Crippen MR) is 114 cm³/mol. The summed E-state index contributed by atoms with van der Waals surface area (Å²) in [4.78, 5) is 32.6. The summed E-state index contributed by atoms with van der Waals surface area (Å²) in [5.41, 5.74) is 1.57. The fourth-order valence-electron chi connectivity index (χ4n) is 3.39. The van der Waals surface area contributed by atoms with Gasteiger partial charge in [-0.1, -0.05) is 54.2 Å². The van der Waals surface area contributed by atoms with Crippen molar-refractivity contribution in [3.63, 3.8) is 0 Å². The molecule has 1 saturated heterocycles. The van der Waals surface area contributed by atoms with E-state index in [1.54, 1.807) is 10.6 Å². The van der Waals surface area contributed by atoms with Crippen LogP contribution in [0.2, 0.25) is 0 Å². The van der Waals surface area contributed by atoms with Crippen molar-refractivity contribution in [3.05, 3.63) is 70.5 Å². The highest BCUT2D eigenvalue weighted by Crippen LogP contribution is 2.25. The van der Waals surface area contributed by atoms with Gasteiger partial charge in [0.05, 0.1) is 35.9 Å². The highest BCUT2D eigenvalue weighted by molar-refractivity contribution is 8.00. The van der Waals surface area contributed by atoms with E-state index in [9.17, 15) is 9.59 Å². The van der Waals surface area contributed by atoms with Gasteiger partial charge in [0, 0.05) is 13.1 Å². The molecule has 1 atom stereocenters. The van der Waals surface area contributed by atoms with Crippen LogP contribution in [0.3, 0.4) is 0 Å². The smallest absolute Gasteiger partial charge is 0.262 e. The molecule has 1 aliphatic rings. The number of rotatable bonds is 5. The van der Waals surface area contributed by atoms with Gasteiger partial charge in [0.25, 0.3) is 5.56 Å². The van der Waals surface area contributed by atoms with Crippen LogP contribution in [0.15, 0.2) is 64.5 Å². The molecule has 1 aromatic heterocycles. The lowest BCUT2D eigenvalue weighted by atomic mass is 10.2. The zero-order chi connectivity index (χ0) is 20.2. The molecule has 1 fully saturated rings. The number of carbonyl (C=O) groups is 1. The van der Waals surface area contributed by atoms with Crippen molar-refractivity contribution in [3.8, 4) is 0 Å². The zero-order valence-corrected chi connectivity index (χ0v) is 17.1. The fourth-order valence-corrected chi connectivity index (χ4v) is 4.38. The zero-order valence-electron chi connectivity index (χ0n) is 16.3. The molecule has 0 N–H and O–H groups in total. The van der Waals surface area contributed by atoms with E-state index in [-0.39, 0.29) is 16.7 Å². The van der Waals surface area contributed by atoms with Crippen LogP contribution < -0.4 is 5.56 Å². The Morgan fingerprint density at radius 1 is 1.10 bits per heavy atom. The Kier molecular flexibility index (Phi) is 5.97. The molecule has 0 aliphatic carbocycles. The first-order valence-electron chi connectivity index (χ1n) is 9.70. The number of hydrogen-bond acceptors (Lipinski definition) is 5. The Hall–Kier alpha value is -2.64. The van der Waals surface area contributed by atoms with Crippen molar-refractivity contribution in [2.45, 2.75) is 23.9 Å². The van der Waals surface area contributed by atoms with Gasteiger partial charge in [-0.3, -0.25) is 14.2 Å². The van der Waals surface area contributed by atoms with Gasteiger partial charge in [0.2, 0.25) is 5.91 Å². The summed E-state index contributed by atoms with van der Waals surface area (Å²) in [6.45, 7) is 4.62. The number of amides is 1. The molecule has 0 unspecified atom stereocenters. The lowest BCUT2D eigenvalue weighted by Gasteiger charge is -2.29. The predicted octanol–water partition coefficient (Wildman–Crippen LogP) is 2.78. The summed E-state index contributed by atoms with van der Waals surface area (Å²) in [5.74, 6) is 0.0481. The molecule has 3 aromatic rings. The van der Waals surface area contributed by atoms with Gasteiger partial charge in [-0.25, -0.2) is 4.98 Å². The first-order valence-corrected chi connectivity index (χ1v) is 10.6. The SMILES string of the molecule is C[C@@H](Sc1nc2ccccc2c(=O)n1Cc1ccccc1)C(=O)N1CCOCC1. The molecule has 0 radical (unpaired) electrons. The molecule has 0 spiro atoms. The van der Waals surface area contributed by atoms with E-state index < -0.39 is 0 Å². The third-order valence-corrected chi connectivity index (χ3v) is 6.04. The van der Waals surface area contributed by atoms with Crippen LogP contribution >= 0.6 is 11.8 Å². The summed E-state index contributed by atoms with van der Waals surface area (Å²) >= 11 is 1.34. The molecular weight excluding hydrogens is 386 g/mol. The van der Waals surface area contributed by atoms with Crippen LogP contribution in [0.4, 0.5) is 0 Å². The molecule has 1 amide bonds. The van der Waals surface area contributed by atoms with Gasteiger partial charge in [0.1, 0.15) is 0 Å². The number of carbonyl (C=O) groups excluding carboxylic acids is 1. The van der Waals surface area contributed by atoms with Gasteiger partial charge in [0.15, 0.2) is 5.16 Å². The first-order chi connectivity index (χ1) is 14.1. The van der Waals surface area contributed by atoms with E-state index in [0.29, 0.717) is 48.9 Å². The van der Waals surface area contributed by atoms with E-state index in [0.717, 1.165) is 5.56 Å². The fraction of sp³-hybridized carbons (Fsp3) is 0.318. The summed E-state index contributed by atoms with van der Waals surface area (Å²) in [6, 6.07) is 17.2. The number of benzene rings is 2. The van der Waals surface area contributed by atoms with Crippen LogP contribution in [-0.2, 0) is 16.1 Å². The quantitative estimate of drug-likeness (QED) is 0.479. The number of fused-ring (bicyclic) bond motifs is 1. The van der Waals surface area contributed by atoms with Crippen molar-refractivity contribution in [2.24, 2.45) is 0 Å².